The number of nitrogens with one attached hydrogen (secondary N) is 1. The fourth-order valence-electron chi connectivity index (χ4n) is 10.5. The molecule has 0 spiro atoms. The van der Waals surface area contributed by atoms with Gasteiger partial charge in [0.2, 0.25) is 5.91 Å². The Labute approximate surface area is 480 Å². The molecule has 0 radical (unpaired) electrons. The average Bonchev–Trinajstić information content (AvgIpc) is 3.39. The molecule has 0 aliphatic heterocycles. The number of allylic oxidation sites excluding steroid dienone is 1. The first-order valence-electron chi connectivity index (χ1n) is 34.0. The van der Waals surface area contributed by atoms with Crippen molar-refractivity contribution >= 4 is 19.7 Å². The van der Waals surface area contributed by atoms with Crippen LogP contribution in [0.5, 0.6) is 0 Å². The Morgan fingerprint density at radius 3 is 1.06 bits per heavy atom. The van der Waals surface area contributed by atoms with E-state index >= 15 is 0 Å². The molecule has 3 unspecified atom stereocenters. The van der Waals surface area contributed by atoms with Gasteiger partial charge >= 0.3 is 5.97 Å². The van der Waals surface area contributed by atoms with E-state index in [1.807, 2.05) is 33.3 Å². The fourth-order valence-corrected chi connectivity index (χ4v) is 11.2. The lowest BCUT2D eigenvalue weighted by atomic mass is 10.0. The number of nitrogens with zero attached hydrogens (tertiary/aromatic N) is 1. The maximum Gasteiger partial charge on any atom is 0.306 e. The van der Waals surface area contributed by atoms with Crippen molar-refractivity contribution in [2.24, 2.45) is 0 Å². The third-order valence-corrected chi connectivity index (χ3v) is 16.7. The van der Waals surface area contributed by atoms with Crippen molar-refractivity contribution in [2.75, 3.05) is 40.9 Å². The van der Waals surface area contributed by atoms with Crippen LogP contribution >= 0.6 is 7.82 Å². The SMILES string of the molecule is CCCCCCCCCCCC/C=C\C(OC(=O)CCCCCCCCCCCCCCCCCCCCCCCCCCC)C(COP(=O)([O-])OCC[N+](C)(C)C)NC(=O)CCCCCCCCCCCCCCCC. The van der Waals surface area contributed by atoms with Crippen LogP contribution in [0.25, 0.3) is 0 Å². The lowest BCUT2D eigenvalue weighted by Gasteiger charge is -2.30. The largest absolute Gasteiger partial charge is 0.756 e. The van der Waals surface area contributed by atoms with Crippen LogP contribution in [0.15, 0.2) is 12.2 Å². The highest BCUT2D eigenvalue weighted by Gasteiger charge is 2.27. The topological polar surface area (TPSA) is 114 Å². The summed E-state index contributed by atoms with van der Waals surface area (Å²) in [5.74, 6) is -0.517. The zero-order chi connectivity index (χ0) is 56.4. The first kappa shape index (κ1) is 75.8. The van der Waals surface area contributed by atoms with Crippen LogP contribution in [-0.4, -0.2) is 69.4 Å². The lowest BCUT2D eigenvalue weighted by Crippen LogP contribution is -2.47. The molecule has 1 N–H and O–H groups in total. The average molecular weight is 1110 g/mol. The molecule has 0 saturated heterocycles. The van der Waals surface area contributed by atoms with Crippen molar-refractivity contribution in [3.63, 3.8) is 0 Å². The lowest BCUT2D eigenvalue weighted by molar-refractivity contribution is -0.870. The minimum atomic E-state index is -4.69. The summed E-state index contributed by atoms with van der Waals surface area (Å²) in [6.07, 6.45) is 67.6. The Balaban J connectivity index is 5.00. The third kappa shape index (κ3) is 59.2. The third-order valence-electron chi connectivity index (χ3n) is 15.7. The van der Waals surface area contributed by atoms with Gasteiger partial charge in [-0.05, 0) is 31.8 Å². The Kier molecular flexibility index (Phi) is 57.0. The van der Waals surface area contributed by atoms with E-state index in [1.54, 1.807) is 0 Å². The van der Waals surface area contributed by atoms with Crippen LogP contribution in [0.2, 0.25) is 0 Å². The van der Waals surface area contributed by atoms with Crippen LogP contribution in [0.3, 0.4) is 0 Å². The first-order chi connectivity index (χ1) is 37.4. The van der Waals surface area contributed by atoms with E-state index in [4.69, 9.17) is 13.8 Å². The highest BCUT2D eigenvalue weighted by atomic mass is 31.2. The van der Waals surface area contributed by atoms with Crippen molar-refractivity contribution in [2.45, 2.75) is 367 Å². The zero-order valence-corrected chi connectivity index (χ0v) is 53.3. The molecule has 0 aliphatic rings. The molecule has 458 valence electrons. The molecule has 0 heterocycles. The van der Waals surface area contributed by atoms with Gasteiger partial charge in [-0.1, -0.05) is 322 Å². The number of esters is 1. The molecule has 77 heavy (non-hydrogen) atoms. The minimum absolute atomic E-state index is 0.0167. The standard InChI is InChI=1S/C67H133N2O7P/c1-7-10-13-16-19-22-25-28-30-31-32-33-34-35-36-37-38-39-40-42-45-48-51-54-57-60-67(71)76-65(58-55-52-49-46-43-27-24-21-18-15-12-9-3)64(63-75-77(72,73)74-62-61-69(4,5)6)68-66(70)59-56-53-50-47-44-41-29-26-23-20-17-14-11-8-2/h55,58,64-65H,7-54,56-57,59-63H2,1-6H3,(H-,68,70,72,73)/b58-55-. The summed E-state index contributed by atoms with van der Waals surface area (Å²) in [5, 5.41) is 3.04. The van der Waals surface area contributed by atoms with Gasteiger partial charge in [-0.2, -0.15) is 0 Å². The minimum Gasteiger partial charge on any atom is -0.756 e. The van der Waals surface area contributed by atoms with E-state index in [1.165, 1.54) is 263 Å². The number of hydrogen-bond donors (Lipinski definition) is 1. The summed E-state index contributed by atoms with van der Waals surface area (Å²) >= 11 is 0. The number of amides is 1. The molecule has 0 saturated carbocycles. The summed E-state index contributed by atoms with van der Waals surface area (Å²) in [6.45, 7) is 6.91. The van der Waals surface area contributed by atoms with Crippen molar-refractivity contribution in [1.82, 2.24) is 5.32 Å². The summed E-state index contributed by atoms with van der Waals surface area (Å²) < 4.78 is 30.4. The molecule has 10 heteroatoms. The summed E-state index contributed by atoms with van der Waals surface area (Å²) in [7, 11) is 1.21. The summed E-state index contributed by atoms with van der Waals surface area (Å²) in [4.78, 5) is 40.0. The number of unbranched alkanes of at least 4 members (excludes halogenated alkanes) is 47. The number of rotatable bonds is 63. The second-order valence-electron chi connectivity index (χ2n) is 24.7. The smallest absolute Gasteiger partial charge is 0.306 e. The Hall–Kier alpha value is -1.25. The first-order valence-corrected chi connectivity index (χ1v) is 35.5. The van der Waals surface area contributed by atoms with Crippen LogP contribution < -0.4 is 10.2 Å². The molecule has 0 aromatic heterocycles. The zero-order valence-electron chi connectivity index (χ0n) is 52.5. The monoisotopic (exact) mass is 1110 g/mol. The Bertz CT molecular complexity index is 1320. The molecule has 0 bridgehead atoms. The van der Waals surface area contributed by atoms with Gasteiger partial charge < -0.3 is 28.5 Å². The van der Waals surface area contributed by atoms with Gasteiger partial charge in [0.1, 0.15) is 19.3 Å². The number of ether oxygens (including phenoxy) is 1. The molecular weight excluding hydrogens is 976 g/mol. The van der Waals surface area contributed by atoms with Crippen LogP contribution in [0.4, 0.5) is 0 Å². The molecule has 0 rings (SSSR count). The van der Waals surface area contributed by atoms with Crippen molar-refractivity contribution in [1.29, 1.82) is 0 Å². The molecule has 0 fully saturated rings. The van der Waals surface area contributed by atoms with Gasteiger partial charge in [-0.3, -0.25) is 14.2 Å². The summed E-state index contributed by atoms with van der Waals surface area (Å²) in [6, 6.07) is -0.879. The number of carbonyl (C=O) groups is 2. The van der Waals surface area contributed by atoms with Crippen molar-refractivity contribution < 1.29 is 37.3 Å². The summed E-state index contributed by atoms with van der Waals surface area (Å²) in [5.41, 5.74) is 0. The second kappa shape index (κ2) is 58.0. The fraction of sp³-hybridized carbons (Fsp3) is 0.940. The number of phosphoric acid groups is 1. The predicted octanol–water partition coefficient (Wildman–Crippen LogP) is 20.5. The van der Waals surface area contributed by atoms with Gasteiger partial charge in [-0.15, -0.1) is 0 Å². The number of phosphoric ester groups is 1. The van der Waals surface area contributed by atoms with E-state index in [9.17, 15) is 19.0 Å². The van der Waals surface area contributed by atoms with Gasteiger partial charge in [0, 0.05) is 12.8 Å². The molecule has 9 nitrogen and oxygen atoms in total. The Morgan fingerprint density at radius 2 is 0.740 bits per heavy atom. The van der Waals surface area contributed by atoms with Crippen LogP contribution in [0, 0.1) is 0 Å². The highest BCUT2D eigenvalue weighted by molar-refractivity contribution is 7.45. The second-order valence-corrected chi connectivity index (χ2v) is 26.1. The molecular formula is C67H133N2O7P. The van der Waals surface area contributed by atoms with E-state index in [2.05, 4.69) is 26.1 Å². The number of carbonyl (C=O) groups excluding carboxylic acids is 2. The highest BCUT2D eigenvalue weighted by Crippen LogP contribution is 2.38. The van der Waals surface area contributed by atoms with E-state index in [0.29, 0.717) is 17.4 Å². The van der Waals surface area contributed by atoms with E-state index in [0.717, 1.165) is 57.8 Å². The van der Waals surface area contributed by atoms with Gasteiger partial charge in [-0.25, -0.2) is 0 Å². The molecule has 1 amide bonds. The van der Waals surface area contributed by atoms with Gasteiger partial charge in [0.25, 0.3) is 7.82 Å². The van der Waals surface area contributed by atoms with Crippen molar-refractivity contribution in [3.8, 4) is 0 Å². The quantitative estimate of drug-likeness (QED) is 0.0212. The van der Waals surface area contributed by atoms with Crippen molar-refractivity contribution in [3.05, 3.63) is 12.2 Å². The number of likely N-dealkylation sites (N-methyl/N-ethyl adjacent to an activating group) is 1. The molecule has 3 atom stereocenters. The molecule has 0 aromatic carbocycles. The van der Waals surface area contributed by atoms with Crippen LogP contribution in [-0.2, 0) is 27.9 Å². The van der Waals surface area contributed by atoms with Crippen LogP contribution in [0.1, 0.15) is 355 Å². The van der Waals surface area contributed by atoms with E-state index < -0.39 is 20.0 Å². The van der Waals surface area contributed by atoms with Gasteiger partial charge in [0.05, 0.1) is 33.8 Å². The van der Waals surface area contributed by atoms with Gasteiger partial charge in [0.15, 0.2) is 0 Å². The molecule has 0 aromatic rings. The van der Waals surface area contributed by atoms with E-state index in [-0.39, 0.29) is 31.5 Å². The maximum atomic E-state index is 13.5. The Morgan fingerprint density at radius 1 is 0.442 bits per heavy atom. The molecule has 0 aliphatic carbocycles. The normalized spacial score (nSPS) is 13.6. The number of quaternary nitrogens is 1. The number of hydrogen-bond acceptors (Lipinski definition) is 7. The maximum absolute atomic E-state index is 13.5. The predicted molar refractivity (Wildman–Crippen MR) is 330 cm³/mol.